The standard InChI is InChI=1S/C14H19N3O3/c1-20-14(19)11-2-4-12(5-3-11)16-13(18)10-17-8-6-15-7-9-17/h2-5,15H,6-10H2,1H3,(H,16,18)/p+2. The maximum Gasteiger partial charge on any atom is 0.337 e. The number of hydrogen-bond acceptors (Lipinski definition) is 3. The van der Waals surface area contributed by atoms with Gasteiger partial charge in [0.05, 0.1) is 12.7 Å². The Morgan fingerprint density at radius 2 is 1.90 bits per heavy atom. The zero-order valence-electron chi connectivity index (χ0n) is 11.6. The molecule has 0 aliphatic carbocycles. The first-order chi connectivity index (χ1) is 9.69. The van der Waals surface area contributed by atoms with Crippen LogP contribution >= 0.6 is 0 Å². The second-order valence-electron chi connectivity index (χ2n) is 4.91. The van der Waals surface area contributed by atoms with E-state index in [1.165, 1.54) is 12.0 Å². The topological polar surface area (TPSA) is 76.4 Å². The Kier molecular flexibility index (Phi) is 5.09. The highest BCUT2D eigenvalue weighted by Gasteiger charge is 2.18. The lowest BCUT2D eigenvalue weighted by Crippen LogP contribution is -3.21. The van der Waals surface area contributed by atoms with Crippen molar-refractivity contribution in [3.63, 3.8) is 0 Å². The van der Waals surface area contributed by atoms with E-state index in [4.69, 9.17) is 0 Å². The van der Waals surface area contributed by atoms with E-state index >= 15 is 0 Å². The van der Waals surface area contributed by atoms with Gasteiger partial charge >= 0.3 is 5.97 Å². The number of ether oxygens (including phenoxy) is 1. The molecule has 1 fully saturated rings. The normalized spacial score (nSPS) is 15.7. The zero-order valence-corrected chi connectivity index (χ0v) is 11.6. The Morgan fingerprint density at radius 3 is 2.50 bits per heavy atom. The smallest absolute Gasteiger partial charge is 0.337 e. The van der Waals surface area contributed by atoms with E-state index in [1.807, 2.05) is 0 Å². The minimum Gasteiger partial charge on any atom is -0.465 e. The molecule has 2 rings (SSSR count). The Morgan fingerprint density at radius 1 is 1.25 bits per heavy atom. The maximum absolute atomic E-state index is 11.9. The Hall–Kier alpha value is -1.92. The molecule has 1 aromatic rings. The summed E-state index contributed by atoms with van der Waals surface area (Å²) in [6, 6.07) is 6.71. The van der Waals surface area contributed by atoms with Crippen LogP contribution in [0.15, 0.2) is 24.3 Å². The quantitative estimate of drug-likeness (QED) is 0.551. The van der Waals surface area contributed by atoms with E-state index < -0.39 is 0 Å². The number of anilines is 1. The number of esters is 1. The van der Waals surface area contributed by atoms with Gasteiger partial charge in [-0.1, -0.05) is 0 Å². The van der Waals surface area contributed by atoms with Crippen LogP contribution in [0.4, 0.5) is 5.69 Å². The number of nitrogens with two attached hydrogens (primary N) is 1. The molecule has 0 bridgehead atoms. The second-order valence-corrected chi connectivity index (χ2v) is 4.91. The lowest BCUT2D eigenvalue weighted by atomic mass is 10.2. The summed E-state index contributed by atoms with van der Waals surface area (Å²) in [6.07, 6.45) is 0. The fourth-order valence-electron chi connectivity index (χ4n) is 2.30. The van der Waals surface area contributed by atoms with Gasteiger partial charge in [0, 0.05) is 5.69 Å². The first-order valence-electron chi connectivity index (χ1n) is 6.82. The molecule has 6 heteroatoms. The molecule has 1 amide bonds. The molecule has 1 aromatic carbocycles. The number of carbonyl (C=O) groups is 2. The van der Waals surface area contributed by atoms with Crippen molar-refractivity contribution in [2.45, 2.75) is 0 Å². The summed E-state index contributed by atoms with van der Waals surface area (Å²) in [5.41, 5.74) is 1.17. The van der Waals surface area contributed by atoms with Gasteiger partial charge in [-0.3, -0.25) is 4.79 Å². The largest absolute Gasteiger partial charge is 0.465 e. The summed E-state index contributed by atoms with van der Waals surface area (Å²) in [6.45, 7) is 4.70. The van der Waals surface area contributed by atoms with Crippen LogP contribution in [-0.4, -0.2) is 51.7 Å². The summed E-state index contributed by atoms with van der Waals surface area (Å²) in [7, 11) is 1.34. The van der Waals surface area contributed by atoms with Gasteiger partial charge in [-0.15, -0.1) is 0 Å². The number of piperazine rings is 1. The number of amides is 1. The van der Waals surface area contributed by atoms with Crippen molar-refractivity contribution in [2.75, 3.05) is 45.2 Å². The maximum atomic E-state index is 11.9. The minimum absolute atomic E-state index is 0.00715. The highest BCUT2D eigenvalue weighted by molar-refractivity contribution is 5.93. The van der Waals surface area contributed by atoms with Crippen LogP contribution in [-0.2, 0) is 9.53 Å². The van der Waals surface area contributed by atoms with Crippen molar-refractivity contribution in [1.29, 1.82) is 0 Å². The van der Waals surface area contributed by atoms with Crippen molar-refractivity contribution in [3.05, 3.63) is 29.8 Å². The van der Waals surface area contributed by atoms with Gasteiger partial charge in [0.25, 0.3) is 5.91 Å². The predicted octanol–water partition coefficient (Wildman–Crippen LogP) is -2.13. The van der Waals surface area contributed by atoms with Gasteiger partial charge in [-0.2, -0.15) is 0 Å². The Labute approximate surface area is 118 Å². The van der Waals surface area contributed by atoms with Gasteiger partial charge in [-0.25, -0.2) is 4.79 Å². The van der Waals surface area contributed by atoms with E-state index in [0.29, 0.717) is 17.8 Å². The molecule has 20 heavy (non-hydrogen) atoms. The second kappa shape index (κ2) is 7.02. The van der Waals surface area contributed by atoms with Crippen molar-refractivity contribution in [1.82, 2.24) is 0 Å². The summed E-state index contributed by atoms with van der Waals surface area (Å²) >= 11 is 0. The Balaban J connectivity index is 1.85. The number of methoxy groups -OCH3 is 1. The molecule has 0 radical (unpaired) electrons. The molecule has 6 nitrogen and oxygen atoms in total. The number of rotatable bonds is 4. The monoisotopic (exact) mass is 279 g/mol. The van der Waals surface area contributed by atoms with Crippen molar-refractivity contribution >= 4 is 17.6 Å². The number of carbonyl (C=O) groups excluding carboxylic acids is 2. The number of benzene rings is 1. The first kappa shape index (κ1) is 14.5. The predicted molar refractivity (Wildman–Crippen MR) is 73.6 cm³/mol. The van der Waals surface area contributed by atoms with Crippen molar-refractivity contribution in [3.8, 4) is 0 Å². The minimum atomic E-state index is -0.378. The third-order valence-electron chi connectivity index (χ3n) is 3.40. The third-order valence-corrected chi connectivity index (χ3v) is 3.40. The number of hydrogen-bond donors (Lipinski definition) is 3. The third kappa shape index (κ3) is 4.04. The molecule has 1 saturated heterocycles. The SMILES string of the molecule is COC(=O)c1ccc(NC(=O)C[NH+]2CC[NH2+]CC2)cc1. The molecule has 0 atom stereocenters. The highest BCUT2D eigenvalue weighted by Crippen LogP contribution is 2.09. The lowest BCUT2D eigenvalue weighted by molar-refractivity contribution is -0.940. The fraction of sp³-hybridized carbons (Fsp3) is 0.429. The van der Waals surface area contributed by atoms with E-state index in [2.05, 4.69) is 15.4 Å². The molecule has 4 N–H and O–H groups in total. The highest BCUT2D eigenvalue weighted by atomic mass is 16.5. The van der Waals surface area contributed by atoms with Gasteiger partial charge in [0.15, 0.2) is 6.54 Å². The van der Waals surface area contributed by atoms with Gasteiger partial charge in [0.2, 0.25) is 0 Å². The molecule has 1 heterocycles. The molecular formula is C14H21N3O3+2. The van der Waals surface area contributed by atoms with E-state index in [0.717, 1.165) is 26.2 Å². The lowest BCUT2D eigenvalue weighted by Gasteiger charge is -2.21. The first-order valence-corrected chi connectivity index (χ1v) is 6.82. The molecule has 0 spiro atoms. The molecule has 0 saturated carbocycles. The van der Waals surface area contributed by atoms with Crippen LogP contribution in [0, 0.1) is 0 Å². The van der Waals surface area contributed by atoms with Crippen LogP contribution in [0.3, 0.4) is 0 Å². The molecule has 0 aromatic heterocycles. The van der Waals surface area contributed by atoms with Crippen LogP contribution in [0.5, 0.6) is 0 Å². The molecular weight excluding hydrogens is 258 g/mol. The van der Waals surface area contributed by atoms with E-state index in [9.17, 15) is 9.59 Å². The number of nitrogens with one attached hydrogen (secondary N) is 2. The average molecular weight is 279 g/mol. The van der Waals surface area contributed by atoms with E-state index in [1.54, 1.807) is 24.3 Å². The molecule has 1 aliphatic heterocycles. The van der Waals surface area contributed by atoms with Crippen molar-refractivity contribution < 1.29 is 24.5 Å². The molecule has 108 valence electrons. The Bertz CT molecular complexity index is 467. The summed E-state index contributed by atoms with van der Waals surface area (Å²) < 4.78 is 4.63. The molecule has 0 unspecified atom stereocenters. The van der Waals surface area contributed by atoms with Crippen LogP contribution in [0.2, 0.25) is 0 Å². The number of quaternary nitrogens is 2. The fourth-order valence-corrected chi connectivity index (χ4v) is 2.30. The summed E-state index contributed by atoms with van der Waals surface area (Å²) in [4.78, 5) is 24.5. The van der Waals surface area contributed by atoms with Crippen LogP contribution in [0.1, 0.15) is 10.4 Å². The summed E-state index contributed by atoms with van der Waals surface area (Å²) in [5.74, 6) is -0.371. The van der Waals surface area contributed by atoms with Gasteiger partial charge < -0.3 is 20.3 Å². The van der Waals surface area contributed by atoms with Crippen LogP contribution in [0.25, 0.3) is 0 Å². The molecule has 1 aliphatic rings. The van der Waals surface area contributed by atoms with Gasteiger partial charge in [-0.05, 0) is 24.3 Å². The van der Waals surface area contributed by atoms with E-state index in [-0.39, 0.29) is 11.9 Å². The zero-order chi connectivity index (χ0) is 14.4. The van der Waals surface area contributed by atoms with Crippen LogP contribution < -0.4 is 15.5 Å². The average Bonchev–Trinajstić information content (AvgIpc) is 2.48. The summed E-state index contributed by atoms with van der Waals surface area (Å²) in [5, 5.41) is 5.12. The van der Waals surface area contributed by atoms with Gasteiger partial charge in [0.1, 0.15) is 26.2 Å². The van der Waals surface area contributed by atoms with Crippen molar-refractivity contribution in [2.24, 2.45) is 0 Å².